The van der Waals surface area contributed by atoms with Crippen molar-refractivity contribution in [3.05, 3.63) is 37.1 Å². The summed E-state index contributed by atoms with van der Waals surface area (Å²) in [5.41, 5.74) is 2.00. The van der Waals surface area contributed by atoms with Crippen molar-refractivity contribution in [2.45, 2.75) is 32.6 Å². The Balaban J connectivity index is 3.07. The summed E-state index contributed by atoms with van der Waals surface area (Å²) in [5, 5.41) is 3.19. The van der Waals surface area contributed by atoms with Gasteiger partial charge in [-0.2, -0.15) is 0 Å². The van der Waals surface area contributed by atoms with Gasteiger partial charge < -0.3 is 10.1 Å². The molecule has 0 amide bonds. The number of hydrogen-bond acceptors (Lipinski definition) is 2. The highest BCUT2D eigenvalue weighted by molar-refractivity contribution is 5.07. The van der Waals surface area contributed by atoms with Crippen molar-refractivity contribution in [3.8, 4) is 0 Å². The van der Waals surface area contributed by atoms with Crippen molar-refractivity contribution >= 4 is 0 Å². The fraction of sp³-hybridized carbons (Fsp3) is 0.571. The van der Waals surface area contributed by atoms with Crippen molar-refractivity contribution in [2.75, 3.05) is 19.8 Å². The minimum Gasteiger partial charge on any atom is -0.386 e. The zero-order valence-corrected chi connectivity index (χ0v) is 10.6. The Kier molecular flexibility index (Phi) is 9.83. The zero-order valence-electron chi connectivity index (χ0n) is 10.6. The third-order valence-corrected chi connectivity index (χ3v) is 2.16. The van der Waals surface area contributed by atoms with E-state index in [-0.39, 0.29) is 0 Å². The maximum Gasteiger partial charge on any atom is 0.0671 e. The monoisotopic (exact) mass is 223 g/mol. The fourth-order valence-electron chi connectivity index (χ4n) is 1.25. The van der Waals surface area contributed by atoms with Gasteiger partial charge in [-0.15, -0.1) is 0 Å². The highest BCUT2D eigenvalue weighted by Crippen LogP contribution is 2.00. The molecule has 0 aromatic heterocycles. The van der Waals surface area contributed by atoms with Crippen LogP contribution in [0, 0.1) is 0 Å². The van der Waals surface area contributed by atoms with E-state index in [1.165, 1.54) is 19.3 Å². The summed E-state index contributed by atoms with van der Waals surface area (Å²) in [7, 11) is 0. The van der Waals surface area contributed by atoms with Crippen LogP contribution in [0.2, 0.25) is 0 Å². The highest BCUT2D eigenvalue weighted by Gasteiger charge is 1.92. The molecule has 0 aliphatic rings. The van der Waals surface area contributed by atoms with Crippen molar-refractivity contribution in [2.24, 2.45) is 0 Å². The van der Waals surface area contributed by atoms with Gasteiger partial charge in [-0.05, 0) is 25.8 Å². The first-order valence-corrected chi connectivity index (χ1v) is 5.94. The zero-order chi connectivity index (χ0) is 12.2. The maximum atomic E-state index is 5.41. The number of hydrogen-bond donors (Lipinski definition) is 1. The second-order valence-corrected chi connectivity index (χ2v) is 4.08. The Morgan fingerprint density at radius 2 is 1.88 bits per heavy atom. The van der Waals surface area contributed by atoms with Crippen LogP contribution in [0.25, 0.3) is 0 Å². The molecule has 2 nitrogen and oxygen atoms in total. The summed E-state index contributed by atoms with van der Waals surface area (Å²) in [6.45, 7) is 15.7. The number of unbranched alkanes of at least 4 members (excludes halogenated alkanes) is 3. The summed E-state index contributed by atoms with van der Waals surface area (Å²) in [6, 6.07) is 0. The first kappa shape index (κ1) is 15.0. The molecule has 0 saturated carbocycles. The van der Waals surface area contributed by atoms with Crippen LogP contribution in [0.4, 0.5) is 0 Å². The Bertz CT molecular complexity index is 221. The van der Waals surface area contributed by atoms with E-state index >= 15 is 0 Å². The van der Waals surface area contributed by atoms with Crippen LogP contribution in [0.1, 0.15) is 32.6 Å². The summed E-state index contributed by atoms with van der Waals surface area (Å²) in [6.07, 6.45) is 6.50. The molecule has 0 spiro atoms. The molecule has 2 heteroatoms. The molecule has 0 saturated heterocycles. The molecule has 0 heterocycles. The van der Waals surface area contributed by atoms with Crippen LogP contribution < -0.4 is 5.32 Å². The van der Waals surface area contributed by atoms with Gasteiger partial charge >= 0.3 is 0 Å². The third kappa shape index (κ3) is 11.1. The first-order valence-electron chi connectivity index (χ1n) is 5.94. The van der Waals surface area contributed by atoms with Gasteiger partial charge in [-0.25, -0.2) is 0 Å². The average molecular weight is 223 g/mol. The molecular weight excluding hydrogens is 198 g/mol. The van der Waals surface area contributed by atoms with E-state index in [0.29, 0.717) is 6.61 Å². The van der Waals surface area contributed by atoms with Crippen molar-refractivity contribution in [3.63, 3.8) is 0 Å². The van der Waals surface area contributed by atoms with E-state index in [1.54, 1.807) is 6.08 Å². The second kappa shape index (κ2) is 10.5. The lowest BCUT2D eigenvalue weighted by molar-refractivity contribution is 0.151. The van der Waals surface area contributed by atoms with Crippen LogP contribution in [0.5, 0.6) is 0 Å². The van der Waals surface area contributed by atoms with Gasteiger partial charge in [0, 0.05) is 18.8 Å². The molecule has 0 aliphatic heterocycles. The topological polar surface area (TPSA) is 21.3 Å². The first-order chi connectivity index (χ1) is 7.66. The molecular formula is C14H25NO. The number of rotatable bonds is 11. The van der Waals surface area contributed by atoms with Gasteiger partial charge in [0.05, 0.1) is 6.61 Å². The van der Waals surface area contributed by atoms with Crippen LogP contribution in [-0.2, 0) is 4.74 Å². The molecule has 0 rings (SSSR count). The molecule has 0 unspecified atom stereocenters. The minimum atomic E-state index is 0.695. The van der Waals surface area contributed by atoms with Crippen molar-refractivity contribution in [1.29, 1.82) is 0 Å². The van der Waals surface area contributed by atoms with Gasteiger partial charge in [0.15, 0.2) is 0 Å². The van der Waals surface area contributed by atoms with E-state index in [9.17, 15) is 0 Å². The Morgan fingerprint density at radius 3 is 2.50 bits per heavy atom. The van der Waals surface area contributed by atoms with Crippen LogP contribution in [0.15, 0.2) is 37.1 Å². The van der Waals surface area contributed by atoms with Gasteiger partial charge in [0.25, 0.3) is 0 Å². The normalized spacial score (nSPS) is 9.81. The van der Waals surface area contributed by atoms with Crippen LogP contribution in [0.3, 0.4) is 0 Å². The summed E-state index contributed by atoms with van der Waals surface area (Å²) in [4.78, 5) is 0. The van der Waals surface area contributed by atoms with E-state index in [4.69, 9.17) is 4.74 Å². The molecule has 0 radical (unpaired) electrons. The Morgan fingerprint density at radius 1 is 1.19 bits per heavy atom. The lowest BCUT2D eigenvalue weighted by Crippen LogP contribution is -2.12. The minimum absolute atomic E-state index is 0.695. The van der Waals surface area contributed by atoms with E-state index in [2.05, 4.69) is 25.1 Å². The SMILES string of the molecule is C=CC(=C)NCCCCCCOCC(=C)C. The fourth-order valence-corrected chi connectivity index (χ4v) is 1.25. The largest absolute Gasteiger partial charge is 0.386 e. The molecule has 16 heavy (non-hydrogen) atoms. The Labute approximate surface area is 100 Å². The van der Waals surface area contributed by atoms with E-state index < -0.39 is 0 Å². The Hall–Kier alpha value is -1.02. The van der Waals surface area contributed by atoms with Crippen molar-refractivity contribution in [1.82, 2.24) is 5.32 Å². The summed E-state index contributed by atoms with van der Waals surface area (Å²) >= 11 is 0. The lowest BCUT2D eigenvalue weighted by atomic mass is 10.2. The number of allylic oxidation sites excluding steroid dienone is 1. The van der Waals surface area contributed by atoms with Crippen molar-refractivity contribution < 1.29 is 4.74 Å². The molecule has 0 atom stereocenters. The number of nitrogens with one attached hydrogen (secondary N) is 1. The predicted octanol–water partition coefficient (Wildman–Crippen LogP) is 3.43. The standard InChI is InChI=1S/C14H25NO/c1-5-14(4)15-10-8-6-7-9-11-16-12-13(2)3/h5,15H,1-2,4,6-12H2,3H3. The van der Waals surface area contributed by atoms with Gasteiger partial charge in [-0.1, -0.05) is 38.2 Å². The molecule has 1 N–H and O–H groups in total. The molecule has 0 fully saturated rings. The molecule has 0 aromatic rings. The average Bonchev–Trinajstić information content (AvgIpc) is 2.26. The predicted molar refractivity (Wildman–Crippen MR) is 71.4 cm³/mol. The van der Waals surface area contributed by atoms with Crippen LogP contribution in [-0.4, -0.2) is 19.8 Å². The second-order valence-electron chi connectivity index (χ2n) is 4.08. The smallest absolute Gasteiger partial charge is 0.0671 e. The van der Waals surface area contributed by atoms with Crippen LogP contribution >= 0.6 is 0 Å². The van der Waals surface area contributed by atoms with E-state index in [1.807, 2.05) is 6.92 Å². The molecule has 0 bridgehead atoms. The quantitative estimate of drug-likeness (QED) is 0.329. The van der Waals surface area contributed by atoms with Gasteiger partial charge in [-0.3, -0.25) is 0 Å². The molecule has 0 aliphatic carbocycles. The number of ether oxygens (including phenoxy) is 1. The summed E-state index contributed by atoms with van der Waals surface area (Å²) < 4.78 is 5.41. The maximum absolute atomic E-state index is 5.41. The van der Waals surface area contributed by atoms with E-state index in [0.717, 1.165) is 30.8 Å². The third-order valence-electron chi connectivity index (χ3n) is 2.16. The van der Waals surface area contributed by atoms with Gasteiger partial charge in [0.2, 0.25) is 0 Å². The molecule has 92 valence electrons. The lowest BCUT2D eigenvalue weighted by Gasteiger charge is -2.06. The summed E-state index contributed by atoms with van der Waals surface area (Å²) in [5.74, 6) is 0. The molecule has 0 aromatic carbocycles. The highest BCUT2D eigenvalue weighted by atomic mass is 16.5. The van der Waals surface area contributed by atoms with Gasteiger partial charge in [0.1, 0.15) is 0 Å².